The molecule has 1 rings (SSSR count). The highest BCUT2D eigenvalue weighted by molar-refractivity contribution is 5.36. The Hall–Kier alpha value is -1.02. The van der Waals surface area contributed by atoms with Gasteiger partial charge in [-0.3, -0.25) is 0 Å². The Morgan fingerprint density at radius 2 is 1.90 bits per heavy atom. The minimum atomic E-state index is 0.259. The van der Waals surface area contributed by atoms with Crippen molar-refractivity contribution < 1.29 is 4.74 Å². The van der Waals surface area contributed by atoms with Gasteiger partial charge in [-0.15, -0.1) is 0 Å². The molecule has 0 atom stereocenters. The third-order valence-corrected chi connectivity index (χ3v) is 3.93. The molecule has 2 N–H and O–H groups in total. The van der Waals surface area contributed by atoms with Crippen LogP contribution in [0.5, 0.6) is 5.75 Å². The highest BCUT2D eigenvalue weighted by atomic mass is 16.5. The number of unbranched alkanes of at least 4 members (excludes halogenated alkanes) is 1. The zero-order valence-corrected chi connectivity index (χ0v) is 13.8. The molecule has 0 aliphatic rings. The van der Waals surface area contributed by atoms with Crippen molar-refractivity contribution in [3.05, 3.63) is 29.3 Å². The van der Waals surface area contributed by atoms with Crippen molar-refractivity contribution in [3.8, 4) is 5.75 Å². The molecular formula is C18H31NO. The Kier molecular flexibility index (Phi) is 6.54. The zero-order chi connectivity index (χ0) is 15.2. The maximum atomic E-state index is 5.84. The lowest BCUT2D eigenvalue weighted by Crippen LogP contribution is -2.23. The van der Waals surface area contributed by atoms with E-state index >= 15 is 0 Å². The summed E-state index contributed by atoms with van der Waals surface area (Å²) in [4.78, 5) is 0. The molecule has 1 aromatic carbocycles. The second-order valence-electron chi connectivity index (χ2n) is 6.85. The van der Waals surface area contributed by atoms with Gasteiger partial charge in [0.1, 0.15) is 5.75 Å². The molecule has 2 heteroatoms. The smallest absolute Gasteiger partial charge is 0.119 e. The summed E-state index contributed by atoms with van der Waals surface area (Å²) in [5.74, 6) is 1.56. The molecular weight excluding hydrogens is 246 g/mol. The predicted molar refractivity (Wildman–Crippen MR) is 87.4 cm³/mol. The number of ether oxygens (including phenoxy) is 1. The van der Waals surface area contributed by atoms with Gasteiger partial charge in [0.15, 0.2) is 0 Å². The van der Waals surface area contributed by atoms with E-state index in [0.29, 0.717) is 5.92 Å². The standard InChI is InChI=1S/C18H31NO/c1-14(2)17-9-8-16(12-15(17)3)20-11-7-6-10-18(4,5)13-19/h8-9,12,14H,6-7,10-11,13,19H2,1-5H3. The van der Waals surface area contributed by atoms with Crippen LogP contribution in [-0.4, -0.2) is 13.2 Å². The van der Waals surface area contributed by atoms with Crippen molar-refractivity contribution in [3.63, 3.8) is 0 Å². The van der Waals surface area contributed by atoms with Crippen LogP contribution >= 0.6 is 0 Å². The van der Waals surface area contributed by atoms with Gasteiger partial charge in [-0.1, -0.05) is 33.8 Å². The minimum Gasteiger partial charge on any atom is -0.494 e. The molecule has 20 heavy (non-hydrogen) atoms. The second kappa shape index (κ2) is 7.68. The van der Waals surface area contributed by atoms with Crippen LogP contribution in [0.1, 0.15) is 64.0 Å². The summed E-state index contributed by atoms with van der Waals surface area (Å²) in [6.07, 6.45) is 3.43. The highest BCUT2D eigenvalue weighted by Crippen LogP contribution is 2.24. The normalized spacial score (nSPS) is 11.9. The van der Waals surface area contributed by atoms with Crippen molar-refractivity contribution in [2.24, 2.45) is 11.1 Å². The summed E-state index contributed by atoms with van der Waals surface area (Å²) >= 11 is 0. The lowest BCUT2D eigenvalue weighted by Gasteiger charge is -2.21. The number of nitrogens with two attached hydrogens (primary N) is 1. The molecule has 1 aromatic rings. The number of benzene rings is 1. The Morgan fingerprint density at radius 3 is 2.45 bits per heavy atom. The van der Waals surface area contributed by atoms with Crippen LogP contribution in [0.3, 0.4) is 0 Å². The maximum absolute atomic E-state index is 5.84. The highest BCUT2D eigenvalue weighted by Gasteiger charge is 2.14. The van der Waals surface area contributed by atoms with Crippen LogP contribution in [0.4, 0.5) is 0 Å². The fourth-order valence-corrected chi connectivity index (χ4v) is 2.38. The summed E-state index contributed by atoms with van der Waals surface area (Å²) in [6.45, 7) is 12.6. The first-order valence-electron chi connectivity index (χ1n) is 7.79. The first kappa shape index (κ1) is 17.0. The van der Waals surface area contributed by atoms with E-state index in [9.17, 15) is 0 Å². The Balaban J connectivity index is 2.34. The molecule has 0 heterocycles. The van der Waals surface area contributed by atoms with E-state index in [1.54, 1.807) is 0 Å². The van der Waals surface area contributed by atoms with Crippen LogP contribution < -0.4 is 10.5 Å². The van der Waals surface area contributed by atoms with Crippen molar-refractivity contribution in [1.82, 2.24) is 0 Å². The first-order valence-corrected chi connectivity index (χ1v) is 7.79. The van der Waals surface area contributed by atoms with Gasteiger partial charge in [0, 0.05) is 0 Å². The lowest BCUT2D eigenvalue weighted by molar-refractivity contribution is 0.278. The SMILES string of the molecule is Cc1cc(OCCCCC(C)(C)CN)ccc1C(C)C. The Labute approximate surface area is 124 Å². The number of hydrogen-bond donors (Lipinski definition) is 1. The van der Waals surface area contributed by atoms with Crippen molar-refractivity contribution in [2.45, 2.75) is 59.8 Å². The van der Waals surface area contributed by atoms with Crippen molar-refractivity contribution in [1.29, 1.82) is 0 Å². The Bertz CT molecular complexity index is 410. The molecule has 0 saturated heterocycles. The van der Waals surface area contributed by atoms with Crippen LogP contribution in [-0.2, 0) is 0 Å². The third-order valence-electron chi connectivity index (χ3n) is 3.93. The van der Waals surface area contributed by atoms with E-state index in [-0.39, 0.29) is 5.41 Å². The molecule has 0 aliphatic heterocycles. The second-order valence-corrected chi connectivity index (χ2v) is 6.85. The lowest BCUT2D eigenvalue weighted by atomic mass is 9.87. The van der Waals surface area contributed by atoms with Gasteiger partial charge in [0.2, 0.25) is 0 Å². The fourth-order valence-electron chi connectivity index (χ4n) is 2.38. The molecule has 0 aromatic heterocycles. The predicted octanol–water partition coefficient (Wildman–Crippen LogP) is 4.65. The van der Waals surface area contributed by atoms with Gasteiger partial charge in [0.05, 0.1) is 6.61 Å². The van der Waals surface area contributed by atoms with Gasteiger partial charge in [-0.2, -0.15) is 0 Å². The van der Waals surface area contributed by atoms with E-state index in [2.05, 4.69) is 52.8 Å². The largest absolute Gasteiger partial charge is 0.494 e. The van der Waals surface area contributed by atoms with E-state index in [4.69, 9.17) is 10.5 Å². The molecule has 0 spiro atoms. The van der Waals surface area contributed by atoms with Gasteiger partial charge in [-0.25, -0.2) is 0 Å². The summed E-state index contributed by atoms with van der Waals surface area (Å²) in [6, 6.07) is 6.43. The molecule has 0 bridgehead atoms. The van der Waals surface area contributed by atoms with E-state index in [1.807, 2.05) is 0 Å². The van der Waals surface area contributed by atoms with Crippen LogP contribution in [0, 0.1) is 12.3 Å². The van der Waals surface area contributed by atoms with Gasteiger partial charge >= 0.3 is 0 Å². The quantitative estimate of drug-likeness (QED) is 0.702. The molecule has 0 fully saturated rings. The minimum absolute atomic E-state index is 0.259. The number of rotatable bonds is 8. The molecule has 2 nitrogen and oxygen atoms in total. The topological polar surface area (TPSA) is 35.2 Å². The van der Waals surface area contributed by atoms with E-state index < -0.39 is 0 Å². The van der Waals surface area contributed by atoms with E-state index in [0.717, 1.165) is 31.7 Å². The zero-order valence-electron chi connectivity index (χ0n) is 13.8. The molecule has 0 unspecified atom stereocenters. The van der Waals surface area contributed by atoms with Crippen LogP contribution in [0.25, 0.3) is 0 Å². The fraction of sp³-hybridized carbons (Fsp3) is 0.667. The van der Waals surface area contributed by atoms with Crippen molar-refractivity contribution in [2.75, 3.05) is 13.2 Å². The molecule has 0 saturated carbocycles. The average Bonchev–Trinajstić information content (AvgIpc) is 2.38. The monoisotopic (exact) mass is 277 g/mol. The van der Waals surface area contributed by atoms with Crippen LogP contribution in [0.2, 0.25) is 0 Å². The van der Waals surface area contributed by atoms with Crippen LogP contribution in [0.15, 0.2) is 18.2 Å². The van der Waals surface area contributed by atoms with E-state index in [1.165, 1.54) is 17.5 Å². The molecule has 0 aliphatic carbocycles. The summed E-state index contributed by atoms with van der Waals surface area (Å²) in [5, 5.41) is 0. The van der Waals surface area contributed by atoms with Gasteiger partial charge < -0.3 is 10.5 Å². The number of aryl methyl sites for hydroxylation is 1. The maximum Gasteiger partial charge on any atom is 0.119 e. The van der Waals surface area contributed by atoms with Crippen molar-refractivity contribution >= 4 is 0 Å². The summed E-state index contributed by atoms with van der Waals surface area (Å²) < 4.78 is 5.84. The summed E-state index contributed by atoms with van der Waals surface area (Å²) in [5.41, 5.74) is 8.72. The molecule has 0 amide bonds. The third kappa shape index (κ3) is 5.54. The molecule has 114 valence electrons. The first-order chi connectivity index (χ1) is 9.35. The molecule has 0 radical (unpaired) electrons. The Morgan fingerprint density at radius 1 is 1.20 bits per heavy atom. The number of hydrogen-bond acceptors (Lipinski definition) is 2. The van der Waals surface area contributed by atoms with Gasteiger partial charge in [-0.05, 0) is 67.3 Å². The average molecular weight is 277 g/mol. The summed E-state index contributed by atoms with van der Waals surface area (Å²) in [7, 11) is 0. The van der Waals surface area contributed by atoms with Gasteiger partial charge in [0.25, 0.3) is 0 Å².